The summed E-state index contributed by atoms with van der Waals surface area (Å²) in [7, 11) is -7.16. The van der Waals surface area contributed by atoms with Gasteiger partial charge in [-0.05, 0) is 31.5 Å². The lowest BCUT2D eigenvalue weighted by molar-refractivity contribution is -0.125. The summed E-state index contributed by atoms with van der Waals surface area (Å²) in [5.74, 6) is -3.21. The van der Waals surface area contributed by atoms with Crippen LogP contribution in [-0.2, 0) is 29.4 Å². The molecule has 2 rings (SSSR count). The summed E-state index contributed by atoms with van der Waals surface area (Å²) in [6.07, 6.45) is 0.231. The third kappa shape index (κ3) is 5.55. The van der Waals surface area contributed by atoms with E-state index in [4.69, 9.17) is 4.74 Å². The minimum Gasteiger partial charge on any atom is -0.452 e. The highest BCUT2D eigenvalue weighted by atomic mass is 32.2. The number of sulfone groups is 1. The Morgan fingerprint density at radius 1 is 1.27 bits per heavy atom. The summed E-state index contributed by atoms with van der Waals surface area (Å²) in [6.45, 7) is 4.50. The lowest BCUT2D eigenvalue weighted by atomic mass is 10.0. The van der Waals surface area contributed by atoms with Crippen LogP contribution in [0.1, 0.15) is 37.6 Å². The molecule has 0 aromatic heterocycles. The van der Waals surface area contributed by atoms with Crippen LogP contribution in [0.2, 0.25) is 0 Å². The second-order valence-electron chi connectivity index (χ2n) is 7.26. The Kier molecular flexibility index (Phi) is 7.25. The number of nitrogens with zero attached hydrogens (tertiary/aromatic N) is 1. The van der Waals surface area contributed by atoms with E-state index in [0.717, 1.165) is 22.5 Å². The fraction of sp³-hybridized carbons (Fsp3) is 0.556. The number of rotatable bonds is 8. The first-order valence-corrected chi connectivity index (χ1v) is 12.6. The van der Waals surface area contributed by atoms with Crippen molar-refractivity contribution in [3.05, 3.63) is 29.6 Å². The number of hydrogen-bond acceptors (Lipinski definition) is 7. The first kappa shape index (κ1) is 24.2. The summed E-state index contributed by atoms with van der Waals surface area (Å²) in [4.78, 5) is 24.0. The second kappa shape index (κ2) is 8.98. The summed E-state index contributed by atoms with van der Waals surface area (Å²) in [5, 5.41) is 2.51. The number of ether oxygens (including phenoxy) is 1. The Hall–Kier alpha value is -2.05. The SMILES string of the molecule is CCN(CC)S(=O)(=O)c1ccc(F)c(C(=O)OCC(=O)NC2(C)CCS(=O)(=O)C2)c1. The van der Waals surface area contributed by atoms with Gasteiger partial charge in [0.15, 0.2) is 16.4 Å². The van der Waals surface area contributed by atoms with Gasteiger partial charge in [0.25, 0.3) is 5.91 Å². The van der Waals surface area contributed by atoms with Crippen molar-refractivity contribution in [1.82, 2.24) is 9.62 Å². The first-order valence-electron chi connectivity index (χ1n) is 9.32. The zero-order valence-electron chi connectivity index (χ0n) is 17.0. The van der Waals surface area contributed by atoms with Crippen molar-refractivity contribution in [3.8, 4) is 0 Å². The highest BCUT2D eigenvalue weighted by molar-refractivity contribution is 7.91. The van der Waals surface area contributed by atoms with Crippen molar-refractivity contribution in [2.24, 2.45) is 0 Å². The van der Waals surface area contributed by atoms with Gasteiger partial charge in [-0.2, -0.15) is 4.31 Å². The van der Waals surface area contributed by atoms with Gasteiger partial charge in [0.05, 0.1) is 27.5 Å². The maximum atomic E-state index is 14.1. The van der Waals surface area contributed by atoms with Gasteiger partial charge in [-0.25, -0.2) is 26.0 Å². The first-order chi connectivity index (χ1) is 13.8. The van der Waals surface area contributed by atoms with Gasteiger partial charge in [0, 0.05) is 13.1 Å². The normalized spacial score (nSPS) is 20.8. The molecule has 12 heteroatoms. The van der Waals surface area contributed by atoms with Crippen molar-refractivity contribution in [1.29, 1.82) is 0 Å². The number of hydrogen-bond donors (Lipinski definition) is 1. The van der Waals surface area contributed by atoms with Gasteiger partial charge in [-0.1, -0.05) is 13.8 Å². The van der Waals surface area contributed by atoms with Crippen molar-refractivity contribution in [2.75, 3.05) is 31.2 Å². The van der Waals surface area contributed by atoms with Crippen LogP contribution in [0.25, 0.3) is 0 Å². The third-order valence-electron chi connectivity index (χ3n) is 4.78. The van der Waals surface area contributed by atoms with E-state index >= 15 is 0 Å². The van der Waals surface area contributed by atoms with Crippen molar-refractivity contribution >= 4 is 31.7 Å². The van der Waals surface area contributed by atoms with Crippen LogP contribution in [-0.4, -0.2) is 69.8 Å². The van der Waals surface area contributed by atoms with Gasteiger partial charge in [-0.15, -0.1) is 0 Å². The molecule has 1 aromatic rings. The largest absolute Gasteiger partial charge is 0.452 e. The molecule has 1 unspecified atom stereocenters. The predicted octanol–water partition coefficient (Wildman–Crippen LogP) is 0.706. The van der Waals surface area contributed by atoms with Crippen LogP contribution in [0, 0.1) is 5.82 Å². The smallest absolute Gasteiger partial charge is 0.341 e. The number of amides is 1. The topological polar surface area (TPSA) is 127 Å². The Morgan fingerprint density at radius 2 is 1.90 bits per heavy atom. The van der Waals surface area contributed by atoms with E-state index in [9.17, 15) is 30.8 Å². The minimum atomic E-state index is -3.92. The molecule has 1 fully saturated rings. The molecular weight excluding hydrogens is 439 g/mol. The quantitative estimate of drug-likeness (QED) is 0.561. The highest BCUT2D eigenvalue weighted by Gasteiger charge is 2.39. The Bertz CT molecular complexity index is 1040. The van der Waals surface area contributed by atoms with Crippen LogP contribution in [0.5, 0.6) is 0 Å². The Morgan fingerprint density at radius 3 is 2.43 bits per heavy atom. The van der Waals surface area contributed by atoms with E-state index in [1.807, 2.05) is 0 Å². The number of sulfonamides is 1. The van der Waals surface area contributed by atoms with Crippen LogP contribution in [0.4, 0.5) is 4.39 Å². The highest BCUT2D eigenvalue weighted by Crippen LogP contribution is 2.23. The maximum absolute atomic E-state index is 14.1. The molecule has 1 amide bonds. The molecule has 30 heavy (non-hydrogen) atoms. The van der Waals surface area contributed by atoms with E-state index in [0.29, 0.717) is 0 Å². The standard InChI is InChI=1S/C18H25FN2O7S2/c1-4-21(5-2)30(26,27)13-6-7-15(19)14(10-13)17(23)28-11-16(22)20-18(3)8-9-29(24,25)12-18/h6-7,10H,4-5,8-9,11-12H2,1-3H3,(H,20,22). The number of nitrogens with one attached hydrogen (secondary N) is 1. The summed E-state index contributed by atoms with van der Waals surface area (Å²) >= 11 is 0. The number of esters is 1. The number of benzene rings is 1. The molecule has 0 radical (unpaired) electrons. The maximum Gasteiger partial charge on any atom is 0.341 e. The average molecular weight is 465 g/mol. The van der Waals surface area contributed by atoms with Crippen molar-refractivity contribution < 1.29 is 35.6 Å². The minimum absolute atomic E-state index is 0.0530. The number of carbonyl (C=O) groups is 2. The molecule has 0 saturated carbocycles. The third-order valence-corrected chi connectivity index (χ3v) is 8.73. The second-order valence-corrected chi connectivity index (χ2v) is 11.4. The van der Waals surface area contributed by atoms with Crippen LogP contribution < -0.4 is 5.32 Å². The van der Waals surface area contributed by atoms with Crippen LogP contribution in [0.15, 0.2) is 23.1 Å². The molecule has 1 aromatic carbocycles. The summed E-state index contributed by atoms with van der Waals surface area (Å²) in [6, 6.07) is 2.76. The molecule has 0 bridgehead atoms. The Labute approximate surface area is 175 Å². The summed E-state index contributed by atoms with van der Waals surface area (Å²) < 4.78 is 68.4. The Balaban J connectivity index is 2.09. The van der Waals surface area contributed by atoms with Gasteiger partial charge >= 0.3 is 5.97 Å². The zero-order valence-corrected chi connectivity index (χ0v) is 18.6. The molecular formula is C18H25FN2O7S2. The van der Waals surface area contributed by atoms with E-state index in [1.165, 1.54) is 0 Å². The van der Waals surface area contributed by atoms with E-state index < -0.39 is 55.3 Å². The van der Waals surface area contributed by atoms with Crippen LogP contribution >= 0.6 is 0 Å². The molecule has 1 N–H and O–H groups in total. The van der Waals surface area contributed by atoms with E-state index in [2.05, 4.69) is 5.32 Å². The molecule has 1 atom stereocenters. The van der Waals surface area contributed by atoms with Gasteiger partial charge < -0.3 is 10.1 Å². The monoisotopic (exact) mass is 464 g/mol. The molecule has 168 valence electrons. The van der Waals surface area contributed by atoms with Crippen molar-refractivity contribution in [3.63, 3.8) is 0 Å². The molecule has 1 aliphatic heterocycles. The molecule has 1 heterocycles. The molecule has 9 nitrogen and oxygen atoms in total. The summed E-state index contributed by atoms with van der Waals surface area (Å²) in [5.41, 5.74) is -1.59. The molecule has 1 aliphatic rings. The molecule has 0 spiro atoms. The number of halogens is 1. The van der Waals surface area contributed by atoms with E-state index in [-0.39, 0.29) is 35.9 Å². The van der Waals surface area contributed by atoms with Gasteiger partial charge in [0.2, 0.25) is 10.0 Å². The van der Waals surface area contributed by atoms with E-state index in [1.54, 1.807) is 20.8 Å². The van der Waals surface area contributed by atoms with Gasteiger partial charge in [0.1, 0.15) is 5.82 Å². The lowest BCUT2D eigenvalue weighted by Gasteiger charge is -2.23. The molecule has 0 aliphatic carbocycles. The van der Waals surface area contributed by atoms with Crippen molar-refractivity contribution in [2.45, 2.75) is 37.6 Å². The lowest BCUT2D eigenvalue weighted by Crippen LogP contribution is -2.48. The number of carbonyl (C=O) groups excluding carboxylic acids is 2. The fourth-order valence-electron chi connectivity index (χ4n) is 3.22. The van der Waals surface area contributed by atoms with Gasteiger partial charge in [-0.3, -0.25) is 4.79 Å². The zero-order chi connectivity index (χ0) is 22.7. The molecule has 1 saturated heterocycles. The average Bonchev–Trinajstić information content (AvgIpc) is 2.93. The fourth-order valence-corrected chi connectivity index (χ4v) is 6.80. The predicted molar refractivity (Wildman–Crippen MR) is 107 cm³/mol. The van der Waals surface area contributed by atoms with Crippen LogP contribution in [0.3, 0.4) is 0 Å².